The second-order valence-electron chi connectivity index (χ2n) is 3.52. The molecule has 0 saturated carbocycles. The Labute approximate surface area is 107 Å². The predicted octanol–water partition coefficient (Wildman–Crippen LogP) is 3.94. The zero-order valence-corrected chi connectivity index (χ0v) is 10.9. The van der Waals surface area contributed by atoms with Gasteiger partial charge in [-0.15, -0.1) is 0 Å². The van der Waals surface area contributed by atoms with Gasteiger partial charge in [0.15, 0.2) is 3.77 Å². The van der Waals surface area contributed by atoms with E-state index in [1.54, 1.807) is 6.07 Å². The normalized spacial score (nSPS) is 10.4. The van der Waals surface area contributed by atoms with E-state index in [1.807, 2.05) is 19.1 Å². The Balaban J connectivity index is 2.07. The summed E-state index contributed by atoms with van der Waals surface area (Å²) in [5, 5.41) is 3.15. The van der Waals surface area contributed by atoms with Crippen molar-refractivity contribution in [2.24, 2.45) is 0 Å². The topological polar surface area (TPSA) is 25.2 Å². The lowest BCUT2D eigenvalue weighted by atomic mass is 10.2. The number of benzene rings is 1. The number of aryl methyl sites for hydroxylation is 1. The van der Waals surface area contributed by atoms with Crippen molar-refractivity contribution in [2.45, 2.75) is 13.5 Å². The van der Waals surface area contributed by atoms with E-state index >= 15 is 0 Å². The molecule has 0 aliphatic carbocycles. The summed E-state index contributed by atoms with van der Waals surface area (Å²) in [6.45, 7) is 2.50. The lowest BCUT2D eigenvalue weighted by Crippen LogP contribution is -2.00. The van der Waals surface area contributed by atoms with Gasteiger partial charge in [0.05, 0.1) is 6.54 Å². The van der Waals surface area contributed by atoms with Crippen LogP contribution in [0.1, 0.15) is 11.3 Å². The minimum Gasteiger partial charge on any atom is -0.454 e. The van der Waals surface area contributed by atoms with E-state index in [0.29, 0.717) is 6.54 Å². The average molecular weight is 331 g/mol. The van der Waals surface area contributed by atoms with Crippen LogP contribution in [-0.4, -0.2) is 0 Å². The monoisotopic (exact) mass is 331 g/mol. The summed E-state index contributed by atoms with van der Waals surface area (Å²) in [5.41, 5.74) is 1.81. The molecule has 0 amide bonds. The van der Waals surface area contributed by atoms with E-state index in [-0.39, 0.29) is 5.82 Å². The van der Waals surface area contributed by atoms with Crippen molar-refractivity contribution in [2.75, 3.05) is 5.32 Å². The Morgan fingerprint density at radius 3 is 2.81 bits per heavy atom. The maximum Gasteiger partial charge on any atom is 0.164 e. The Bertz CT molecular complexity index is 496. The van der Waals surface area contributed by atoms with Gasteiger partial charge in [-0.25, -0.2) is 4.39 Å². The Morgan fingerprint density at radius 2 is 2.12 bits per heavy atom. The molecule has 0 unspecified atom stereocenters. The number of anilines is 1. The van der Waals surface area contributed by atoms with E-state index in [9.17, 15) is 4.39 Å². The SMILES string of the molecule is Cc1ccc(F)cc1NCc1ccc(I)o1. The number of halogens is 2. The van der Waals surface area contributed by atoms with Gasteiger partial charge in [-0.2, -0.15) is 0 Å². The van der Waals surface area contributed by atoms with E-state index in [1.165, 1.54) is 12.1 Å². The molecule has 0 bridgehead atoms. The van der Waals surface area contributed by atoms with Gasteiger partial charge in [-0.05, 0) is 59.3 Å². The summed E-state index contributed by atoms with van der Waals surface area (Å²) in [5.74, 6) is 0.607. The first-order valence-electron chi connectivity index (χ1n) is 4.89. The van der Waals surface area contributed by atoms with Crippen LogP contribution >= 0.6 is 22.6 Å². The quantitative estimate of drug-likeness (QED) is 0.862. The average Bonchev–Trinajstić information content (AvgIpc) is 2.66. The number of hydrogen-bond acceptors (Lipinski definition) is 2. The highest BCUT2D eigenvalue weighted by molar-refractivity contribution is 14.1. The molecule has 0 saturated heterocycles. The molecule has 0 fully saturated rings. The van der Waals surface area contributed by atoms with Crippen molar-refractivity contribution in [3.05, 3.63) is 51.2 Å². The number of furan rings is 1. The second-order valence-corrected chi connectivity index (χ2v) is 4.58. The Kier molecular flexibility index (Phi) is 3.48. The third-order valence-corrected chi connectivity index (χ3v) is 2.86. The van der Waals surface area contributed by atoms with Gasteiger partial charge in [-0.1, -0.05) is 6.07 Å². The van der Waals surface area contributed by atoms with Gasteiger partial charge < -0.3 is 9.73 Å². The molecule has 2 rings (SSSR count). The van der Waals surface area contributed by atoms with Crippen LogP contribution in [0.15, 0.2) is 34.7 Å². The molecular weight excluding hydrogens is 320 g/mol. The van der Waals surface area contributed by atoms with Crippen LogP contribution in [0.2, 0.25) is 0 Å². The maximum absolute atomic E-state index is 13.0. The van der Waals surface area contributed by atoms with Crippen LogP contribution in [0.3, 0.4) is 0 Å². The minimum atomic E-state index is -0.234. The van der Waals surface area contributed by atoms with Gasteiger partial charge >= 0.3 is 0 Å². The van der Waals surface area contributed by atoms with Crippen LogP contribution < -0.4 is 5.32 Å². The fraction of sp³-hybridized carbons (Fsp3) is 0.167. The summed E-state index contributed by atoms with van der Waals surface area (Å²) < 4.78 is 19.3. The molecule has 1 heterocycles. The van der Waals surface area contributed by atoms with Crippen LogP contribution in [0.25, 0.3) is 0 Å². The van der Waals surface area contributed by atoms with E-state index in [4.69, 9.17) is 4.42 Å². The lowest BCUT2D eigenvalue weighted by molar-refractivity contribution is 0.492. The molecule has 0 spiro atoms. The number of nitrogens with one attached hydrogen (secondary N) is 1. The van der Waals surface area contributed by atoms with Gasteiger partial charge in [0.2, 0.25) is 0 Å². The highest BCUT2D eigenvalue weighted by Gasteiger charge is 2.02. The highest BCUT2D eigenvalue weighted by atomic mass is 127. The molecule has 84 valence electrons. The van der Waals surface area contributed by atoms with E-state index < -0.39 is 0 Å². The largest absolute Gasteiger partial charge is 0.454 e. The molecule has 0 aliphatic heterocycles. The van der Waals surface area contributed by atoms with Crippen molar-refractivity contribution in [1.29, 1.82) is 0 Å². The van der Waals surface area contributed by atoms with Crippen LogP contribution in [0.5, 0.6) is 0 Å². The smallest absolute Gasteiger partial charge is 0.164 e. The Morgan fingerprint density at radius 1 is 1.31 bits per heavy atom. The second kappa shape index (κ2) is 4.86. The fourth-order valence-electron chi connectivity index (χ4n) is 1.41. The lowest BCUT2D eigenvalue weighted by Gasteiger charge is -2.07. The first-order chi connectivity index (χ1) is 7.65. The van der Waals surface area contributed by atoms with Crippen molar-refractivity contribution in [3.8, 4) is 0 Å². The third-order valence-electron chi connectivity index (χ3n) is 2.28. The molecule has 4 heteroatoms. The van der Waals surface area contributed by atoms with Gasteiger partial charge in [-0.3, -0.25) is 0 Å². The summed E-state index contributed by atoms with van der Waals surface area (Å²) in [6.07, 6.45) is 0. The highest BCUT2D eigenvalue weighted by Crippen LogP contribution is 2.18. The molecule has 16 heavy (non-hydrogen) atoms. The summed E-state index contributed by atoms with van der Waals surface area (Å²) >= 11 is 2.11. The minimum absolute atomic E-state index is 0.234. The molecule has 0 radical (unpaired) electrons. The Hall–Kier alpha value is -1.04. The van der Waals surface area contributed by atoms with Crippen molar-refractivity contribution >= 4 is 28.3 Å². The zero-order valence-electron chi connectivity index (χ0n) is 8.76. The molecule has 0 atom stereocenters. The number of hydrogen-bond donors (Lipinski definition) is 1. The molecule has 1 aromatic heterocycles. The van der Waals surface area contributed by atoms with E-state index in [2.05, 4.69) is 27.9 Å². The van der Waals surface area contributed by atoms with Gasteiger partial charge in [0.25, 0.3) is 0 Å². The fourth-order valence-corrected chi connectivity index (χ4v) is 1.88. The van der Waals surface area contributed by atoms with Crippen LogP contribution in [0, 0.1) is 16.5 Å². The van der Waals surface area contributed by atoms with Crippen LogP contribution in [-0.2, 0) is 6.54 Å². The first kappa shape index (κ1) is 11.4. The van der Waals surface area contributed by atoms with Crippen molar-refractivity contribution in [3.63, 3.8) is 0 Å². The predicted molar refractivity (Wildman–Crippen MR) is 69.9 cm³/mol. The van der Waals surface area contributed by atoms with Gasteiger partial charge in [0.1, 0.15) is 11.6 Å². The molecular formula is C12H11FINO. The number of rotatable bonds is 3. The van der Waals surface area contributed by atoms with Crippen molar-refractivity contribution < 1.29 is 8.81 Å². The third kappa shape index (κ3) is 2.75. The summed E-state index contributed by atoms with van der Waals surface area (Å²) in [7, 11) is 0. The first-order valence-corrected chi connectivity index (χ1v) is 5.97. The summed E-state index contributed by atoms with van der Waals surface area (Å²) in [6, 6.07) is 8.50. The van der Waals surface area contributed by atoms with Crippen molar-refractivity contribution in [1.82, 2.24) is 0 Å². The molecule has 2 aromatic rings. The van der Waals surface area contributed by atoms with E-state index in [0.717, 1.165) is 20.8 Å². The molecule has 1 N–H and O–H groups in total. The van der Waals surface area contributed by atoms with Crippen LogP contribution in [0.4, 0.5) is 10.1 Å². The zero-order chi connectivity index (χ0) is 11.5. The van der Waals surface area contributed by atoms with Gasteiger partial charge in [0, 0.05) is 5.69 Å². The molecule has 1 aromatic carbocycles. The standard InChI is InChI=1S/C12H11FINO/c1-8-2-3-9(13)6-11(8)15-7-10-4-5-12(14)16-10/h2-6,15H,7H2,1H3. The molecule has 0 aliphatic rings. The molecule has 2 nitrogen and oxygen atoms in total. The maximum atomic E-state index is 13.0. The summed E-state index contributed by atoms with van der Waals surface area (Å²) in [4.78, 5) is 0.